The number of sulfonamides is 1. The molecule has 0 amide bonds. The highest BCUT2D eigenvalue weighted by Crippen LogP contribution is 2.37. The van der Waals surface area contributed by atoms with Crippen LogP contribution in [0.2, 0.25) is 0 Å². The molecule has 7 heteroatoms. The van der Waals surface area contributed by atoms with E-state index in [2.05, 4.69) is 0 Å². The van der Waals surface area contributed by atoms with Crippen LogP contribution in [0.3, 0.4) is 0 Å². The molecule has 1 heterocycles. The Kier molecular flexibility index (Phi) is 4.13. The molecule has 25 heavy (non-hydrogen) atoms. The fraction of sp³-hybridized carbons (Fsp3) is 0.333. The average molecular weight is 363 g/mol. The van der Waals surface area contributed by atoms with Crippen molar-refractivity contribution in [3.05, 3.63) is 53.8 Å². The maximum Gasteiger partial charge on any atom is 0.243 e. The van der Waals surface area contributed by atoms with Gasteiger partial charge in [0, 0.05) is 18.7 Å². The number of rotatable bonds is 5. The number of halogens is 1. The standard InChI is InChI=1S/C18H18FNO4S/c19-14-3-1-13(2-4-14)12-20(15-5-6-15)25(21,22)16-7-8-17-18(11-16)24-10-9-23-17/h1-4,7-8,11,15H,5-6,9-10,12H2. The molecule has 0 saturated heterocycles. The molecule has 4 rings (SSSR count). The molecule has 0 bridgehead atoms. The van der Waals surface area contributed by atoms with Gasteiger partial charge in [-0.15, -0.1) is 0 Å². The molecule has 1 aliphatic heterocycles. The molecule has 1 saturated carbocycles. The molecule has 0 atom stereocenters. The van der Waals surface area contributed by atoms with Crippen molar-refractivity contribution in [2.75, 3.05) is 13.2 Å². The fourth-order valence-corrected chi connectivity index (χ4v) is 4.55. The van der Waals surface area contributed by atoms with E-state index >= 15 is 0 Å². The molecule has 2 aromatic rings. The minimum atomic E-state index is -3.68. The van der Waals surface area contributed by atoms with E-state index in [0.29, 0.717) is 24.7 Å². The van der Waals surface area contributed by atoms with Gasteiger partial charge in [0.05, 0.1) is 4.90 Å². The molecule has 0 unspecified atom stereocenters. The lowest BCUT2D eigenvalue weighted by Gasteiger charge is -2.24. The molecular formula is C18H18FNO4S. The highest BCUT2D eigenvalue weighted by Gasteiger charge is 2.38. The van der Waals surface area contributed by atoms with Crippen LogP contribution in [0.1, 0.15) is 18.4 Å². The topological polar surface area (TPSA) is 55.8 Å². The largest absolute Gasteiger partial charge is 0.486 e. The third-order valence-electron chi connectivity index (χ3n) is 4.33. The van der Waals surface area contributed by atoms with E-state index in [1.165, 1.54) is 22.5 Å². The molecule has 5 nitrogen and oxygen atoms in total. The number of ether oxygens (including phenoxy) is 2. The zero-order valence-electron chi connectivity index (χ0n) is 13.5. The van der Waals surface area contributed by atoms with E-state index in [0.717, 1.165) is 18.4 Å². The van der Waals surface area contributed by atoms with Crippen LogP contribution >= 0.6 is 0 Å². The van der Waals surface area contributed by atoms with Gasteiger partial charge >= 0.3 is 0 Å². The van der Waals surface area contributed by atoms with Gasteiger partial charge in [0.15, 0.2) is 11.5 Å². The van der Waals surface area contributed by atoms with E-state index in [9.17, 15) is 12.8 Å². The van der Waals surface area contributed by atoms with Gasteiger partial charge in [0.1, 0.15) is 19.0 Å². The van der Waals surface area contributed by atoms with Gasteiger partial charge < -0.3 is 9.47 Å². The third kappa shape index (κ3) is 3.34. The summed E-state index contributed by atoms with van der Waals surface area (Å²) in [7, 11) is -3.68. The van der Waals surface area contributed by atoms with Crippen LogP contribution < -0.4 is 9.47 Å². The Balaban J connectivity index is 1.65. The summed E-state index contributed by atoms with van der Waals surface area (Å²) in [4.78, 5) is 0.186. The molecule has 132 valence electrons. The Morgan fingerprint density at radius 1 is 1.00 bits per heavy atom. The minimum Gasteiger partial charge on any atom is -0.486 e. The molecule has 0 radical (unpaired) electrons. The van der Waals surface area contributed by atoms with Crippen molar-refractivity contribution in [3.8, 4) is 11.5 Å². The molecule has 2 aliphatic rings. The van der Waals surface area contributed by atoms with E-state index in [4.69, 9.17) is 9.47 Å². The Morgan fingerprint density at radius 3 is 2.36 bits per heavy atom. The van der Waals surface area contributed by atoms with Crippen molar-refractivity contribution in [2.45, 2.75) is 30.3 Å². The zero-order chi connectivity index (χ0) is 17.4. The highest BCUT2D eigenvalue weighted by molar-refractivity contribution is 7.89. The first-order valence-electron chi connectivity index (χ1n) is 8.20. The summed E-state index contributed by atoms with van der Waals surface area (Å²) in [5.41, 5.74) is 0.759. The summed E-state index contributed by atoms with van der Waals surface area (Å²) < 4.78 is 51.8. The average Bonchev–Trinajstić information content (AvgIpc) is 3.45. The van der Waals surface area contributed by atoms with Crippen molar-refractivity contribution < 1.29 is 22.3 Å². The van der Waals surface area contributed by atoms with Crippen LogP contribution in [0, 0.1) is 5.82 Å². The minimum absolute atomic E-state index is 0.0109. The van der Waals surface area contributed by atoms with Gasteiger partial charge in [0.2, 0.25) is 10.0 Å². The number of hydrogen-bond donors (Lipinski definition) is 0. The zero-order valence-corrected chi connectivity index (χ0v) is 14.3. The first kappa shape index (κ1) is 16.4. The van der Waals surface area contributed by atoms with Gasteiger partial charge in [0.25, 0.3) is 0 Å². The van der Waals surface area contributed by atoms with Crippen LogP contribution in [-0.4, -0.2) is 32.0 Å². The van der Waals surface area contributed by atoms with E-state index in [1.807, 2.05) is 0 Å². The molecule has 1 aliphatic carbocycles. The molecule has 0 aromatic heterocycles. The Labute approximate surface area is 146 Å². The van der Waals surface area contributed by atoms with Crippen LogP contribution in [0.4, 0.5) is 4.39 Å². The van der Waals surface area contributed by atoms with Gasteiger partial charge in [-0.3, -0.25) is 0 Å². The summed E-state index contributed by atoms with van der Waals surface area (Å²) in [6.45, 7) is 1.08. The van der Waals surface area contributed by atoms with Gasteiger partial charge in [-0.25, -0.2) is 12.8 Å². The smallest absolute Gasteiger partial charge is 0.243 e. The second-order valence-electron chi connectivity index (χ2n) is 6.21. The molecular weight excluding hydrogens is 345 g/mol. The second kappa shape index (κ2) is 6.31. The normalized spacial score (nSPS) is 16.9. The number of hydrogen-bond acceptors (Lipinski definition) is 4. The SMILES string of the molecule is O=S(=O)(c1ccc2c(c1)OCCO2)N(Cc1ccc(F)cc1)C1CC1. The fourth-order valence-electron chi connectivity index (χ4n) is 2.86. The predicted octanol–water partition coefficient (Wildman–Crippen LogP) is 2.95. The van der Waals surface area contributed by atoms with Crippen molar-refractivity contribution in [1.82, 2.24) is 4.31 Å². The van der Waals surface area contributed by atoms with Gasteiger partial charge in [-0.2, -0.15) is 4.31 Å². The van der Waals surface area contributed by atoms with Crippen LogP contribution in [0.15, 0.2) is 47.4 Å². The van der Waals surface area contributed by atoms with Crippen LogP contribution in [0.25, 0.3) is 0 Å². The Hall–Kier alpha value is -2.12. The van der Waals surface area contributed by atoms with Gasteiger partial charge in [-0.05, 0) is 42.7 Å². The monoisotopic (exact) mass is 363 g/mol. The van der Waals surface area contributed by atoms with Crippen molar-refractivity contribution >= 4 is 10.0 Å². The third-order valence-corrected chi connectivity index (χ3v) is 6.22. The van der Waals surface area contributed by atoms with Gasteiger partial charge in [-0.1, -0.05) is 12.1 Å². The van der Waals surface area contributed by atoms with E-state index < -0.39 is 10.0 Å². The molecule has 0 spiro atoms. The summed E-state index contributed by atoms with van der Waals surface area (Å²) in [5, 5.41) is 0. The van der Waals surface area contributed by atoms with Crippen molar-refractivity contribution in [1.29, 1.82) is 0 Å². The summed E-state index contributed by atoms with van der Waals surface area (Å²) in [6.07, 6.45) is 1.68. The predicted molar refractivity (Wildman–Crippen MR) is 89.6 cm³/mol. The second-order valence-corrected chi connectivity index (χ2v) is 8.10. The lowest BCUT2D eigenvalue weighted by atomic mass is 10.2. The summed E-state index contributed by atoms with van der Waals surface area (Å²) in [6, 6.07) is 10.6. The number of fused-ring (bicyclic) bond motifs is 1. The lowest BCUT2D eigenvalue weighted by molar-refractivity contribution is 0.171. The number of nitrogens with zero attached hydrogens (tertiary/aromatic N) is 1. The van der Waals surface area contributed by atoms with Crippen molar-refractivity contribution in [3.63, 3.8) is 0 Å². The van der Waals surface area contributed by atoms with Crippen LogP contribution in [0.5, 0.6) is 11.5 Å². The molecule has 2 aromatic carbocycles. The first-order valence-corrected chi connectivity index (χ1v) is 9.64. The van der Waals surface area contributed by atoms with Crippen molar-refractivity contribution in [2.24, 2.45) is 0 Å². The molecule has 1 fully saturated rings. The highest BCUT2D eigenvalue weighted by atomic mass is 32.2. The maximum atomic E-state index is 13.1. The van der Waals surface area contributed by atoms with E-state index in [-0.39, 0.29) is 23.3 Å². The summed E-state index contributed by atoms with van der Waals surface area (Å²) >= 11 is 0. The lowest BCUT2D eigenvalue weighted by Crippen LogP contribution is -2.32. The Bertz CT molecular complexity index is 878. The quantitative estimate of drug-likeness (QED) is 0.820. The Morgan fingerprint density at radius 2 is 1.68 bits per heavy atom. The van der Waals surface area contributed by atoms with E-state index in [1.54, 1.807) is 24.3 Å². The summed E-state index contributed by atoms with van der Waals surface area (Å²) in [5.74, 6) is 0.669. The maximum absolute atomic E-state index is 13.1. The molecule has 0 N–H and O–H groups in total. The number of benzene rings is 2. The van der Waals surface area contributed by atoms with Crippen LogP contribution in [-0.2, 0) is 16.6 Å². The first-order chi connectivity index (χ1) is 12.0.